The van der Waals surface area contributed by atoms with Gasteiger partial charge in [-0.2, -0.15) is 0 Å². The highest BCUT2D eigenvalue weighted by Gasteiger charge is 2.10. The molecule has 1 unspecified atom stereocenters. The fourth-order valence-corrected chi connectivity index (χ4v) is 2.36. The molecule has 0 aliphatic rings. The Hall–Kier alpha value is -0.860. The summed E-state index contributed by atoms with van der Waals surface area (Å²) in [6, 6.07) is 8.89. The second kappa shape index (κ2) is 7.55. The van der Waals surface area contributed by atoms with E-state index in [0.717, 1.165) is 19.5 Å². The van der Waals surface area contributed by atoms with Crippen LogP contribution in [0.15, 0.2) is 24.3 Å². The molecule has 1 atom stereocenters. The smallest absolute Gasteiger partial charge is 0.0424 e. The lowest BCUT2D eigenvalue weighted by molar-refractivity contribution is 0.279. The van der Waals surface area contributed by atoms with Crippen molar-refractivity contribution in [1.82, 2.24) is 4.90 Å². The molecule has 0 spiro atoms. The Morgan fingerprint density at radius 1 is 1.11 bits per heavy atom. The molecule has 102 valence electrons. The largest absolute Gasteiger partial charge is 0.323 e. The summed E-state index contributed by atoms with van der Waals surface area (Å²) in [5, 5.41) is 0. The summed E-state index contributed by atoms with van der Waals surface area (Å²) in [7, 11) is 2.14. The SMILES string of the molecule is CCCc1ccc(C(N)CN(C)CC(C)C)cc1. The number of hydrogen-bond acceptors (Lipinski definition) is 2. The van der Waals surface area contributed by atoms with Crippen LogP contribution in [0.3, 0.4) is 0 Å². The molecule has 0 aliphatic heterocycles. The molecule has 0 aliphatic carbocycles. The number of likely N-dealkylation sites (N-methyl/N-ethyl adjacent to an activating group) is 1. The zero-order valence-electron chi connectivity index (χ0n) is 12.3. The summed E-state index contributed by atoms with van der Waals surface area (Å²) in [5.74, 6) is 0.689. The second-order valence-corrected chi connectivity index (χ2v) is 5.71. The van der Waals surface area contributed by atoms with Crippen molar-refractivity contribution in [3.63, 3.8) is 0 Å². The summed E-state index contributed by atoms with van der Waals surface area (Å²) in [5.41, 5.74) is 8.90. The molecule has 2 N–H and O–H groups in total. The molecule has 0 saturated carbocycles. The lowest BCUT2D eigenvalue weighted by atomic mass is 10.0. The molecule has 2 heteroatoms. The highest BCUT2D eigenvalue weighted by atomic mass is 15.1. The summed E-state index contributed by atoms with van der Waals surface area (Å²) in [4.78, 5) is 2.31. The Morgan fingerprint density at radius 2 is 1.72 bits per heavy atom. The van der Waals surface area contributed by atoms with Crippen LogP contribution in [0.25, 0.3) is 0 Å². The van der Waals surface area contributed by atoms with Crippen molar-refractivity contribution < 1.29 is 0 Å². The lowest BCUT2D eigenvalue weighted by Crippen LogP contribution is -2.31. The highest BCUT2D eigenvalue weighted by molar-refractivity contribution is 5.25. The molecule has 0 radical (unpaired) electrons. The van der Waals surface area contributed by atoms with Gasteiger partial charge in [0.2, 0.25) is 0 Å². The van der Waals surface area contributed by atoms with Crippen molar-refractivity contribution in [1.29, 1.82) is 0 Å². The molecule has 0 amide bonds. The van der Waals surface area contributed by atoms with E-state index in [-0.39, 0.29) is 6.04 Å². The highest BCUT2D eigenvalue weighted by Crippen LogP contribution is 2.14. The van der Waals surface area contributed by atoms with E-state index in [4.69, 9.17) is 5.73 Å². The van der Waals surface area contributed by atoms with Gasteiger partial charge in [-0.3, -0.25) is 0 Å². The van der Waals surface area contributed by atoms with E-state index in [9.17, 15) is 0 Å². The Balaban J connectivity index is 2.52. The first-order chi connectivity index (χ1) is 8.52. The van der Waals surface area contributed by atoms with Gasteiger partial charge in [0.05, 0.1) is 0 Å². The number of aryl methyl sites for hydroxylation is 1. The molecule has 1 aromatic rings. The molecular weight excluding hydrogens is 220 g/mol. The fraction of sp³-hybridized carbons (Fsp3) is 0.625. The van der Waals surface area contributed by atoms with Gasteiger partial charge in [0.1, 0.15) is 0 Å². The monoisotopic (exact) mass is 248 g/mol. The number of rotatable bonds is 7. The number of nitrogens with two attached hydrogens (primary N) is 1. The molecule has 0 bridgehead atoms. The molecule has 0 heterocycles. The van der Waals surface area contributed by atoms with Crippen molar-refractivity contribution in [3.8, 4) is 0 Å². The van der Waals surface area contributed by atoms with E-state index in [1.54, 1.807) is 0 Å². The standard InChI is InChI=1S/C16H28N2/c1-5-6-14-7-9-15(10-8-14)16(17)12-18(4)11-13(2)3/h7-10,13,16H,5-6,11-12,17H2,1-4H3. The summed E-state index contributed by atoms with van der Waals surface area (Å²) in [6.07, 6.45) is 2.35. The van der Waals surface area contributed by atoms with E-state index >= 15 is 0 Å². The van der Waals surface area contributed by atoms with E-state index in [2.05, 4.69) is 57.0 Å². The zero-order valence-corrected chi connectivity index (χ0v) is 12.3. The minimum atomic E-state index is 0.115. The summed E-state index contributed by atoms with van der Waals surface area (Å²) >= 11 is 0. The molecule has 0 aromatic heterocycles. The van der Waals surface area contributed by atoms with Crippen LogP contribution in [0.1, 0.15) is 44.4 Å². The first-order valence-corrected chi connectivity index (χ1v) is 7.05. The lowest BCUT2D eigenvalue weighted by Gasteiger charge is -2.23. The van der Waals surface area contributed by atoms with Crippen LogP contribution < -0.4 is 5.73 Å². The minimum absolute atomic E-state index is 0.115. The van der Waals surface area contributed by atoms with Gasteiger partial charge in [0, 0.05) is 19.1 Å². The van der Waals surface area contributed by atoms with E-state index in [1.807, 2.05) is 0 Å². The van der Waals surface area contributed by atoms with Crippen molar-refractivity contribution in [3.05, 3.63) is 35.4 Å². The van der Waals surface area contributed by atoms with Crippen LogP contribution in [0.5, 0.6) is 0 Å². The van der Waals surface area contributed by atoms with Gasteiger partial charge in [0.15, 0.2) is 0 Å². The van der Waals surface area contributed by atoms with E-state index < -0.39 is 0 Å². The topological polar surface area (TPSA) is 29.3 Å². The van der Waals surface area contributed by atoms with Crippen molar-refractivity contribution in [2.45, 2.75) is 39.7 Å². The van der Waals surface area contributed by atoms with Gasteiger partial charge in [-0.25, -0.2) is 0 Å². The predicted molar refractivity (Wildman–Crippen MR) is 79.7 cm³/mol. The Kier molecular flexibility index (Phi) is 6.37. The average molecular weight is 248 g/mol. The molecular formula is C16H28N2. The normalized spacial score (nSPS) is 13.3. The van der Waals surface area contributed by atoms with Gasteiger partial charge < -0.3 is 10.6 Å². The number of hydrogen-bond donors (Lipinski definition) is 1. The first kappa shape index (κ1) is 15.2. The Morgan fingerprint density at radius 3 is 2.22 bits per heavy atom. The van der Waals surface area contributed by atoms with Crippen LogP contribution in [-0.4, -0.2) is 25.0 Å². The molecule has 1 rings (SSSR count). The molecule has 0 saturated heterocycles. The van der Waals surface area contributed by atoms with Crippen LogP contribution in [-0.2, 0) is 6.42 Å². The maximum atomic E-state index is 6.25. The van der Waals surface area contributed by atoms with Gasteiger partial charge in [-0.05, 0) is 30.5 Å². The number of benzene rings is 1. The van der Waals surface area contributed by atoms with Gasteiger partial charge >= 0.3 is 0 Å². The zero-order chi connectivity index (χ0) is 13.5. The second-order valence-electron chi connectivity index (χ2n) is 5.71. The Bertz CT molecular complexity index is 329. The fourth-order valence-electron chi connectivity index (χ4n) is 2.36. The Labute approximate surface area is 112 Å². The van der Waals surface area contributed by atoms with Crippen LogP contribution >= 0.6 is 0 Å². The third-order valence-electron chi connectivity index (χ3n) is 3.13. The number of nitrogens with zero attached hydrogens (tertiary/aromatic N) is 1. The van der Waals surface area contributed by atoms with Crippen LogP contribution in [0, 0.1) is 5.92 Å². The van der Waals surface area contributed by atoms with Crippen LogP contribution in [0.2, 0.25) is 0 Å². The quantitative estimate of drug-likeness (QED) is 0.802. The van der Waals surface area contributed by atoms with E-state index in [0.29, 0.717) is 5.92 Å². The third kappa shape index (κ3) is 5.19. The molecule has 0 fully saturated rings. The first-order valence-electron chi connectivity index (χ1n) is 7.05. The molecule has 18 heavy (non-hydrogen) atoms. The maximum Gasteiger partial charge on any atom is 0.0424 e. The van der Waals surface area contributed by atoms with Crippen molar-refractivity contribution >= 4 is 0 Å². The van der Waals surface area contributed by atoms with Crippen LogP contribution in [0.4, 0.5) is 0 Å². The molecule has 1 aromatic carbocycles. The minimum Gasteiger partial charge on any atom is -0.323 e. The summed E-state index contributed by atoms with van der Waals surface area (Å²) < 4.78 is 0. The van der Waals surface area contributed by atoms with Gasteiger partial charge in [0.25, 0.3) is 0 Å². The van der Waals surface area contributed by atoms with Gasteiger partial charge in [-0.1, -0.05) is 51.5 Å². The average Bonchev–Trinajstić information content (AvgIpc) is 2.29. The van der Waals surface area contributed by atoms with E-state index in [1.165, 1.54) is 17.5 Å². The van der Waals surface area contributed by atoms with Gasteiger partial charge in [-0.15, -0.1) is 0 Å². The van der Waals surface area contributed by atoms with Crippen molar-refractivity contribution in [2.24, 2.45) is 11.7 Å². The molecule has 2 nitrogen and oxygen atoms in total. The maximum absolute atomic E-state index is 6.25. The summed E-state index contributed by atoms with van der Waals surface area (Å²) in [6.45, 7) is 8.70. The van der Waals surface area contributed by atoms with Crippen molar-refractivity contribution in [2.75, 3.05) is 20.1 Å². The predicted octanol–water partition coefficient (Wildman–Crippen LogP) is 3.23. The third-order valence-corrected chi connectivity index (χ3v) is 3.13.